The van der Waals surface area contributed by atoms with Crippen molar-refractivity contribution in [3.05, 3.63) is 23.0 Å². The summed E-state index contributed by atoms with van der Waals surface area (Å²) in [4.78, 5) is -0.518. The fraction of sp³-hybridized carbons (Fsp3) is 0.455. The summed E-state index contributed by atoms with van der Waals surface area (Å²) in [6, 6.07) is 2.21. The van der Waals surface area contributed by atoms with Gasteiger partial charge in [0.05, 0.1) is 5.69 Å². The molecule has 0 aromatic heterocycles. The van der Waals surface area contributed by atoms with Gasteiger partial charge in [0.2, 0.25) is 10.0 Å². The quantitative estimate of drug-likeness (QED) is 0.818. The Morgan fingerprint density at radius 2 is 2.21 bits per heavy atom. The van der Waals surface area contributed by atoms with E-state index >= 15 is 0 Å². The minimum atomic E-state index is -3.97. The number of hydrogen-bond acceptors (Lipinski definition) is 4. The van der Waals surface area contributed by atoms with E-state index in [0.717, 1.165) is 16.4 Å². The van der Waals surface area contributed by atoms with Gasteiger partial charge in [-0.1, -0.05) is 11.6 Å². The Morgan fingerprint density at radius 1 is 1.53 bits per heavy atom. The van der Waals surface area contributed by atoms with Gasteiger partial charge in [0.25, 0.3) is 0 Å². The minimum Gasteiger partial charge on any atom is -0.396 e. The van der Waals surface area contributed by atoms with Gasteiger partial charge in [-0.2, -0.15) is 4.31 Å². The molecule has 0 amide bonds. The van der Waals surface area contributed by atoms with E-state index in [1.54, 1.807) is 0 Å². The van der Waals surface area contributed by atoms with Gasteiger partial charge in [-0.15, -0.1) is 0 Å². The highest BCUT2D eigenvalue weighted by Gasteiger charge is 2.34. The SMILES string of the molecule is Nc1cc(Cl)cc(S(=O)(=O)N2CCC(CO)C2)c1F. The van der Waals surface area contributed by atoms with Crippen molar-refractivity contribution in [1.82, 2.24) is 4.31 Å². The highest BCUT2D eigenvalue weighted by molar-refractivity contribution is 7.89. The van der Waals surface area contributed by atoms with Gasteiger partial charge in [0.15, 0.2) is 5.82 Å². The average Bonchev–Trinajstić information content (AvgIpc) is 2.83. The van der Waals surface area contributed by atoms with Crippen molar-refractivity contribution in [2.45, 2.75) is 11.3 Å². The van der Waals surface area contributed by atoms with Crippen LogP contribution in [0.3, 0.4) is 0 Å². The van der Waals surface area contributed by atoms with Crippen molar-refractivity contribution in [2.24, 2.45) is 5.92 Å². The molecule has 1 aliphatic heterocycles. The first-order valence-corrected chi connectivity index (χ1v) is 7.53. The predicted octanol–water partition coefficient (Wildman–Crippen LogP) is 1.06. The topological polar surface area (TPSA) is 83.6 Å². The van der Waals surface area contributed by atoms with Crippen LogP contribution in [0.1, 0.15) is 6.42 Å². The van der Waals surface area contributed by atoms with Crippen molar-refractivity contribution in [1.29, 1.82) is 0 Å². The lowest BCUT2D eigenvalue weighted by Crippen LogP contribution is -2.30. The minimum absolute atomic E-state index is 0.0652. The average molecular weight is 309 g/mol. The third-order valence-corrected chi connectivity index (χ3v) is 5.24. The predicted molar refractivity (Wildman–Crippen MR) is 69.8 cm³/mol. The molecule has 19 heavy (non-hydrogen) atoms. The molecule has 0 aliphatic carbocycles. The molecule has 8 heteroatoms. The maximum absolute atomic E-state index is 13.9. The van der Waals surface area contributed by atoms with Crippen molar-refractivity contribution >= 4 is 27.3 Å². The van der Waals surface area contributed by atoms with Crippen LogP contribution < -0.4 is 5.73 Å². The molecule has 1 atom stereocenters. The molecule has 1 aromatic carbocycles. The summed E-state index contributed by atoms with van der Waals surface area (Å²) in [7, 11) is -3.97. The fourth-order valence-electron chi connectivity index (χ4n) is 2.08. The second kappa shape index (κ2) is 5.24. The molecule has 5 nitrogen and oxygen atoms in total. The molecule has 106 valence electrons. The largest absolute Gasteiger partial charge is 0.396 e. The van der Waals surface area contributed by atoms with Gasteiger partial charge in [-0.3, -0.25) is 0 Å². The lowest BCUT2D eigenvalue weighted by Gasteiger charge is -2.17. The zero-order valence-electron chi connectivity index (χ0n) is 10.0. The molecule has 1 saturated heterocycles. The maximum Gasteiger partial charge on any atom is 0.246 e. The first kappa shape index (κ1) is 14.5. The molecular formula is C11H14ClFN2O3S. The van der Waals surface area contributed by atoms with E-state index in [2.05, 4.69) is 0 Å². The number of nitrogens with zero attached hydrogens (tertiary/aromatic N) is 1. The monoisotopic (exact) mass is 308 g/mol. The zero-order chi connectivity index (χ0) is 14.2. The lowest BCUT2D eigenvalue weighted by molar-refractivity contribution is 0.233. The van der Waals surface area contributed by atoms with Crippen LogP contribution in [-0.4, -0.2) is 37.5 Å². The Balaban J connectivity index is 2.41. The van der Waals surface area contributed by atoms with Gasteiger partial charge in [0.1, 0.15) is 4.90 Å². The number of benzene rings is 1. The summed E-state index contributed by atoms with van der Waals surface area (Å²) in [5.41, 5.74) is 5.09. The second-order valence-electron chi connectivity index (χ2n) is 4.51. The molecule has 1 fully saturated rings. The molecule has 1 heterocycles. The summed E-state index contributed by atoms with van der Waals surface area (Å²) < 4.78 is 39.6. The number of nitrogens with two attached hydrogens (primary N) is 1. The molecule has 1 unspecified atom stereocenters. The Labute approximate surface area is 115 Å². The van der Waals surface area contributed by atoms with E-state index < -0.39 is 20.7 Å². The molecule has 0 bridgehead atoms. The van der Waals surface area contributed by atoms with Crippen LogP contribution in [-0.2, 0) is 10.0 Å². The van der Waals surface area contributed by atoms with Crippen LogP contribution in [0.4, 0.5) is 10.1 Å². The number of rotatable bonds is 3. The summed E-state index contributed by atoms with van der Waals surface area (Å²) in [6.07, 6.45) is 0.549. The number of hydrogen-bond donors (Lipinski definition) is 2. The number of aliphatic hydroxyl groups excluding tert-OH is 1. The highest BCUT2D eigenvalue weighted by Crippen LogP contribution is 2.30. The lowest BCUT2D eigenvalue weighted by atomic mass is 10.1. The van der Waals surface area contributed by atoms with Crippen LogP contribution in [0.2, 0.25) is 5.02 Å². The molecule has 1 aromatic rings. The number of sulfonamides is 1. The van der Waals surface area contributed by atoms with Crippen molar-refractivity contribution in [3.8, 4) is 0 Å². The summed E-state index contributed by atoms with van der Waals surface area (Å²) in [5.74, 6) is -1.11. The Hall–Kier alpha value is -0.890. The Bertz CT molecular complexity index is 594. The van der Waals surface area contributed by atoms with E-state index in [-0.39, 0.29) is 36.3 Å². The van der Waals surface area contributed by atoms with Crippen LogP contribution in [0.15, 0.2) is 17.0 Å². The van der Waals surface area contributed by atoms with Gasteiger partial charge in [0, 0.05) is 24.7 Å². The summed E-state index contributed by atoms with van der Waals surface area (Å²) >= 11 is 5.72. The number of nitrogen functional groups attached to an aromatic ring is 1. The fourth-order valence-corrected chi connectivity index (χ4v) is 4.02. The van der Waals surface area contributed by atoms with Crippen molar-refractivity contribution < 1.29 is 17.9 Å². The van der Waals surface area contributed by atoms with Crippen molar-refractivity contribution in [2.75, 3.05) is 25.4 Å². The van der Waals surface area contributed by atoms with Gasteiger partial charge in [-0.25, -0.2) is 12.8 Å². The van der Waals surface area contributed by atoms with Crippen LogP contribution in [0.25, 0.3) is 0 Å². The first-order valence-electron chi connectivity index (χ1n) is 5.71. The van der Waals surface area contributed by atoms with E-state index in [9.17, 15) is 12.8 Å². The Kier molecular flexibility index (Phi) is 4.00. The van der Waals surface area contributed by atoms with Gasteiger partial charge >= 0.3 is 0 Å². The van der Waals surface area contributed by atoms with E-state index in [0.29, 0.717) is 6.42 Å². The van der Waals surface area contributed by atoms with Crippen LogP contribution in [0, 0.1) is 11.7 Å². The second-order valence-corrected chi connectivity index (χ2v) is 6.85. The molecule has 0 radical (unpaired) electrons. The standard InChI is InChI=1S/C11H14ClFN2O3S/c12-8-3-9(14)11(13)10(4-8)19(17,18)15-2-1-7(5-15)6-16/h3-4,7,16H,1-2,5-6,14H2. The van der Waals surface area contributed by atoms with E-state index in [1.807, 2.05) is 0 Å². The highest BCUT2D eigenvalue weighted by atomic mass is 35.5. The number of anilines is 1. The smallest absolute Gasteiger partial charge is 0.246 e. The van der Waals surface area contributed by atoms with E-state index in [1.165, 1.54) is 0 Å². The molecule has 0 saturated carbocycles. The molecule has 0 spiro atoms. The first-order chi connectivity index (χ1) is 8.86. The molecule has 1 aliphatic rings. The molecule has 3 N–H and O–H groups in total. The van der Waals surface area contributed by atoms with Gasteiger partial charge in [-0.05, 0) is 24.5 Å². The van der Waals surface area contributed by atoms with Crippen molar-refractivity contribution in [3.63, 3.8) is 0 Å². The number of aliphatic hydroxyl groups is 1. The summed E-state index contributed by atoms with van der Waals surface area (Å²) in [5, 5.41) is 9.09. The normalized spacial score (nSPS) is 20.9. The third-order valence-electron chi connectivity index (χ3n) is 3.16. The Morgan fingerprint density at radius 3 is 2.79 bits per heavy atom. The molecule has 2 rings (SSSR count). The van der Waals surface area contributed by atoms with E-state index in [4.69, 9.17) is 22.4 Å². The van der Waals surface area contributed by atoms with Crippen LogP contribution >= 0.6 is 11.6 Å². The molecular weight excluding hydrogens is 295 g/mol. The summed E-state index contributed by atoms with van der Waals surface area (Å²) in [6.45, 7) is 0.330. The van der Waals surface area contributed by atoms with Gasteiger partial charge < -0.3 is 10.8 Å². The maximum atomic E-state index is 13.9. The van der Waals surface area contributed by atoms with Crippen LogP contribution in [0.5, 0.6) is 0 Å². The zero-order valence-corrected chi connectivity index (χ0v) is 11.6. The number of halogens is 2. The third kappa shape index (κ3) is 2.69.